The zero-order valence-electron chi connectivity index (χ0n) is 12.6. The molecule has 1 heterocycles. The first-order valence-electron chi connectivity index (χ1n) is 7.39. The van der Waals surface area contributed by atoms with Crippen molar-refractivity contribution in [1.29, 1.82) is 0 Å². The molecule has 0 aliphatic heterocycles. The van der Waals surface area contributed by atoms with Gasteiger partial charge in [0.15, 0.2) is 6.20 Å². The van der Waals surface area contributed by atoms with Gasteiger partial charge in [-0.3, -0.25) is 4.79 Å². The van der Waals surface area contributed by atoms with Gasteiger partial charge in [0.25, 0.3) is 5.69 Å². The Kier molecular flexibility index (Phi) is 5.77. The molecule has 0 aliphatic rings. The number of unbranched alkanes of at least 4 members (excludes halogenated alkanes) is 1. The number of carbonyl (C=O) groups is 1. The van der Waals surface area contributed by atoms with E-state index in [0.717, 1.165) is 24.2 Å². The van der Waals surface area contributed by atoms with E-state index in [4.69, 9.17) is 4.74 Å². The monoisotopic (exact) mass is 300 g/mol. The first kappa shape index (κ1) is 15.8. The lowest BCUT2D eigenvalue weighted by Gasteiger charge is -2.09. The highest BCUT2D eigenvalue weighted by Gasteiger charge is 2.14. The van der Waals surface area contributed by atoms with Crippen LogP contribution in [0.25, 0.3) is 0 Å². The third-order valence-electron chi connectivity index (χ3n) is 3.17. The van der Waals surface area contributed by atoms with Crippen LogP contribution in [0.2, 0.25) is 0 Å². The van der Waals surface area contributed by atoms with Gasteiger partial charge in [0.05, 0.1) is 6.61 Å². The Morgan fingerprint density at radius 2 is 2.14 bits per heavy atom. The van der Waals surface area contributed by atoms with E-state index in [0.29, 0.717) is 17.9 Å². The van der Waals surface area contributed by atoms with Gasteiger partial charge in [-0.1, -0.05) is 25.5 Å². The Balaban J connectivity index is 1.92. The first-order chi connectivity index (χ1) is 10.7. The number of nitrogens with one attached hydrogen (secondary N) is 1. The molecule has 5 nitrogen and oxygen atoms in total. The normalized spacial score (nSPS) is 10.2. The third-order valence-corrected chi connectivity index (χ3v) is 3.17. The number of hydrogen-bond donors (Lipinski definition) is 1. The second kappa shape index (κ2) is 8.02. The molecule has 0 radical (unpaired) electrons. The second-order valence-corrected chi connectivity index (χ2v) is 4.94. The van der Waals surface area contributed by atoms with E-state index in [1.54, 1.807) is 12.1 Å². The lowest BCUT2D eigenvalue weighted by molar-refractivity contribution is -0.607. The van der Waals surface area contributed by atoms with Gasteiger partial charge in [-0.2, -0.15) is 4.73 Å². The molecule has 0 saturated carbocycles. The molecule has 0 spiro atoms. The highest BCUT2D eigenvalue weighted by Crippen LogP contribution is 2.13. The molecule has 1 amide bonds. The number of rotatable bonds is 7. The molecule has 22 heavy (non-hydrogen) atoms. The van der Waals surface area contributed by atoms with E-state index in [1.165, 1.54) is 12.3 Å². The number of hydrogen-bond acceptors (Lipinski definition) is 3. The van der Waals surface area contributed by atoms with Crippen molar-refractivity contribution in [3.05, 3.63) is 65.1 Å². The van der Waals surface area contributed by atoms with Gasteiger partial charge in [-0.05, 0) is 30.2 Å². The van der Waals surface area contributed by atoms with Crippen molar-refractivity contribution in [1.82, 2.24) is 5.32 Å². The molecule has 0 bridgehead atoms. The van der Waals surface area contributed by atoms with Crippen molar-refractivity contribution in [2.24, 2.45) is 0 Å². The maximum atomic E-state index is 12.0. The van der Waals surface area contributed by atoms with Gasteiger partial charge in [0.1, 0.15) is 5.75 Å². The summed E-state index contributed by atoms with van der Waals surface area (Å²) in [6, 6.07) is 12.3. The molecule has 0 atom stereocenters. The summed E-state index contributed by atoms with van der Waals surface area (Å²) in [6.07, 6.45) is 3.40. The molecule has 0 unspecified atom stereocenters. The second-order valence-electron chi connectivity index (χ2n) is 4.94. The zero-order chi connectivity index (χ0) is 15.8. The van der Waals surface area contributed by atoms with Crippen LogP contribution in [0.5, 0.6) is 5.75 Å². The molecule has 1 N–H and O–H groups in total. The van der Waals surface area contributed by atoms with Crippen LogP contribution in [0.15, 0.2) is 48.7 Å². The summed E-state index contributed by atoms with van der Waals surface area (Å²) in [6.45, 7) is 3.15. The van der Waals surface area contributed by atoms with Crippen LogP contribution in [0.1, 0.15) is 35.8 Å². The van der Waals surface area contributed by atoms with Crippen LogP contribution in [0.3, 0.4) is 0 Å². The maximum Gasteiger partial charge on any atom is 0.317 e. The minimum Gasteiger partial charge on any atom is -0.618 e. The van der Waals surface area contributed by atoms with Crippen molar-refractivity contribution in [2.45, 2.75) is 26.3 Å². The Bertz CT molecular complexity index is 629. The van der Waals surface area contributed by atoms with Crippen molar-refractivity contribution in [3.8, 4) is 5.75 Å². The summed E-state index contributed by atoms with van der Waals surface area (Å²) in [5.74, 6) is 0.395. The minimum absolute atomic E-state index is 0.0813. The molecule has 116 valence electrons. The fourth-order valence-corrected chi connectivity index (χ4v) is 1.96. The third kappa shape index (κ3) is 4.48. The zero-order valence-corrected chi connectivity index (χ0v) is 12.6. The predicted molar refractivity (Wildman–Crippen MR) is 83.4 cm³/mol. The van der Waals surface area contributed by atoms with E-state index < -0.39 is 5.91 Å². The van der Waals surface area contributed by atoms with Crippen LogP contribution in [-0.4, -0.2) is 12.5 Å². The van der Waals surface area contributed by atoms with Crippen molar-refractivity contribution >= 4 is 5.91 Å². The SMILES string of the molecule is CCCCOc1cccc(CNC(=O)c2cccc[n+]2[O-])c1. The van der Waals surface area contributed by atoms with E-state index in [-0.39, 0.29) is 5.69 Å². The number of benzene rings is 1. The van der Waals surface area contributed by atoms with Gasteiger partial charge in [0.2, 0.25) is 0 Å². The van der Waals surface area contributed by atoms with Crippen LogP contribution in [-0.2, 0) is 6.54 Å². The molecule has 2 aromatic rings. The lowest BCUT2D eigenvalue weighted by Crippen LogP contribution is -2.38. The maximum absolute atomic E-state index is 12.0. The standard InChI is InChI=1S/C17H20N2O3/c1-2-3-11-22-15-8-6-7-14(12-15)13-18-17(20)16-9-4-5-10-19(16)21/h4-10,12H,2-3,11,13H2,1H3,(H,18,20). The number of ether oxygens (including phenoxy) is 1. The molecular formula is C17H20N2O3. The van der Waals surface area contributed by atoms with Crippen LogP contribution in [0, 0.1) is 5.21 Å². The number of carbonyl (C=O) groups excluding carboxylic acids is 1. The Hall–Kier alpha value is -2.56. The molecule has 0 saturated heterocycles. The summed E-state index contributed by atoms with van der Waals surface area (Å²) in [7, 11) is 0. The number of pyridine rings is 1. The smallest absolute Gasteiger partial charge is 0.317 e. The molecule has 5 heteroatoms. The molecule has 1 aromatic heterocycles. The van der Waals surface area contributed by atoms with Crippen molar-refractivity contribution in [3.63, 3.8) is 0 Å². The van der Waals surface area contributed by atoms with Crippen molar-refractivity contribution < 1.29 is 14.3 Å². The molecular weight excluding hydrogens is 280 g/mol. The van der Waals surface area contributed by atoms with Crippen LogP contribution < -0.4 is 14.8 Å². The van der Waals surface area contributed by atoms with E-state index >= 15 is 0 Å². The molecule has 0 aliphatic carbocycles. The summed E-state index contributed by atoms with van der Waals surface area (Å²) >= 11 is 0. The average Bonchev–Trinajstić information content (AvgIpc) is 2.54. The van der Waals surface area contributed by atoms with Crippen LogP contribution in [0.4, 0.5) is 0 Å². The first-order valence-corrected chi connectivity index (χ1v) is 7.39. The van der Waals surface area contributed by atoms with E-state index in [2.05, 4.69) is 12.2 Å². The summed E-state index contributed by atoms with van der Waals surface area (Å²) in [5, 5.41) is 14.2. The Morgan fingerprint density at radius 3 is 2.91 bits per heavy atom. The quantitative estimate of drug-likeness (QED) is 0.485. The van der Waals surface area contributed by atoms with Crippen molar-refractivity contribution in [2.75, 3.05) is 6.61 Å². The highest BCUT2D eigenvalue weighted by molar-refractivity contribution is 5.90. The van der Waals surface area contributed by atoms with Gasteiger partial charge in [-0.25, -0.2) is 0 Å². The topological polar surface area (TPSA) is 65.3 Å². The van der Waals surface area contributed by atoms with Gasteiger partial charge in [-0.15, -0.1) is 0 Å². The summed E-state index contributed by atoms with van der Waals surface area (Å²) in [4.78, 5) is 12.0. The fourth-order valence-electron chi connectivity index (χ4n) is 1.96. The number of nitrogens with zero attached hydrogens (tertiary/aromatic N) is 1. The molecule has 0 fully saturated rings. The van der Waals surface area contributed by atoms with Gasteiger partial charge in [0, 0.05) is 18.7 Å². The largest absolute Gasteiger partial charge is 0.618 e. The van der Waals surface area contributed by atoms with Crippen LogP contribution >= 0.6 is 0 Å². The molecule has 2 rings (SSSR count). The summed E-state index contributed by atoms with van der Waals surface area (Å²) in [5.41, 5.74) is 1.01. The lowest BCUT2D eigenvalue weighted by atomic mass is 10.2. The van der Waals surface area contributed by atoms with E-state index in [1.807, 2.05) is 24.3 Å². The minimum atomic E-state index is -0.395. The number of amides is 1. The molecule has 1 aromatic carbocycles. The Labute approximate surface area is 130 Å². The summed E-state index contributed by atoms with van der Waals surface area (Å²) < 4.78 is 6.19. The van der Waals surface area contributed by atoms with Gasteiger partial charge < -0.3 is 15.3 Å². The Morgan fingerprint density at radius 1 is 1.27 bits per heavy atom. The number of aromatic nitrogens is 1. The van der Waals surface area contributed by atoms with E-state index in [9.17, 15) is 10.0 Å². The predicted octanol–water partition coefficient (Wildman–Crippen LogP) is 2.43. The average molecular weight is 300 g/mol. The fraction of sp³-hybridized carbons (Fsp3) is 0.294. The van der Waals surface area contributed by atoms with Gasteiger partial charge >= 0.3 is 5.91 Å². The highest BCUT2D eigenvalue weighted by atomic mass is 16.5.